The fraction of sp³-hybridized carbons (Fsp3) is 0.417. The molecule has 2 atom stereocenters. The van der Waals surface area contributed by atoms with E-state index in [9.17, 15) is 36.6 Å². The highest BCUT2D eigenvalue weighted by Gasteiger charge is 2.63. The SMILES string of the molecule is O=C1CC2(CCN(C(=O)[C@](O)(c3cc(Br)ccc3F)C(F)(F)F)CC2)[C@H](c2ccc(F)cc2)CN1. The van der Waals surface area contributed by atoms with Crippen LogP contribution >= 0.6 is 15.9 Å². The summed E-state index contributed by atoms with van der Waals surface area (Å²) < 4.78 is 70.1. The number of hydrogen-bond acceptors (Lipinski definition) is 3. The molecule has 2 aliphatic rings. The Bertz CT molecular complexity index is 1130. The molecule has 35 heavy (non-hydrogen) atoms. The summed E-state index contributed by atoms with van der Waals surface area (Å²) in [6.45, 7) is -0.0657. The minimum atomic E-state index is -5.48. The van der Waals surface area contributed by atoms with Crippen LogP contribution in [0.2, 0.25) is 0 Å². The quantitative estimate of drug-likeness (QED) is 0.547. The van der Waals surface area contributed by atoms with Gasteiger partial charge in [0.25, 0.3) is 11.5 Å². The largest absolute Gasteiger partial charge is 0.430 e. The van der Waals surface area contributed by atoms with Crippen LogP contribution in [0.25, 0.3) is 0 Å². The van der Waals surface area contributed by atoms with E-state index in [1.807, 2.05) is 0 Å². The van der Waals surface area contributed by atoms with Gasteiger partial charge in [-0.15, -0.1) is 0 Å². The highest BCUT2D eigenvalue weighted by Crippen LogP contribution is 2.50. The highest BCUT2D eigenvalue weighted by molar-refractivity contribution is 9.10. The highest BCUT2D eigenvalue weighted by atomic mass is 79.9. The fourth-order valence-corrected chi connectivity index (χ4v) is 5.54. The second kappa shape index (κ2) is 9.16. The van der Waals surface area contributed by atoms with Crippen LogP contribution in [0.1, 0.15) is 36.3 Å². The molecule has 0 unspecified atom stereocenters. The van der Waals surface area contributed by atoms with Gasteiger partial charge in [0.2, 0.25) is 5.91 Å². The third-order valence-electron chi connectivity index (χ3n) is 7.11. The average molecular weight is 561 g/mol. The first-order valence-electron chi connectivity index (χ1n) is 10.9. The lowest BCUT2D eigenvalue weighted by Crippen LogP contribution is -2.59. The van der Waals surface area contributed by atoms with Gasteiger partial charge < -0.3 is 15.3 Å². The summed E-state index contributed by atoms with van der Waals surface area (Å²) in [4.78, 5) is 26.2. The molecule has 0 radical (unpaired) electrons. The van der Waals surface area contributed by atoms with E-state index in [2.05, 4.69) is 21.2 Å². The van der Waals surface area contributed by atoms with Gasteiger partial charge in [0.1, 0.15) is 11.6 Å². The number of alkyl halides is 3. The predicted octanol–water partition coefficient (Wildman–Crippen LogP) is 4.39. The van der Waals surface area contributed by atoms with Gasteiger partial charge in [-0.3, -0.25) is 9.59 Å². The van der Waals surface area contributed by atoms with E-state index in [0.29, 0.717) is 0 Å². The maximum absolute atomic E-state index is 14.4. The van der Waals surface area contributed by atoms with Crippen molar-refractivity contribution in [1.29, 1.82) is 0 Å². The summed E-state index contributed by atoms with van der Waals surface area (Å²) in [5, 5.41) is 13.4. The van der Waals surface area contributed by atoms with Gasteiger partial charge in [-0.2, -0.15) is 13.2 Å². The van der Waals surface area contributed by atoms with Crippen LogP contribution in [0.15, 0.2) is 46.9 Å². The molecule has 2 amide bonds. The number of aliphatic hydroxyl groups is 1. The molecule has 2 aromatic carbocycles. The lowest BCUT2D eigenvalue weighted by molar-refractivity contribution is -0.263. The van der Waals surface area contributed by atoms with Crippen LogP contribution in [0, 0.1) is 17.0 Å². The molecule has 2 aromatic rings. The van der Waals surface area contributed by atoms with Gasteiger partial charge >= 0.3 is 6.18 Å². The first-order chi connectivity index (χ1) is 16.4. The first kappa shape index (κ1) is 25.6. The normalized spacial score (nSPS) is 22.0. The molecule has 2 aliphatic heterocycles. The van der Waals surface area contributed by atoms with E-state index in [1.165, 1.54) is 12.1 Å². The van der Waals surface area contributed by atoms with Crippen molar-refractivity contribution in [3.63, 3.8) is 0 Å². The van der Waals surface area contributed by atoms with Crippen molar-refractivity contribution in [3.05, 3.63) is 69.7 Å². The number of nitrogens with zero attached hydrogens (tertiary/aromatic N) is 1. The Balaban J connectivity index is 1.62. The molecule has 2 saturated heterocycles. The van der Waals surface area contributed by atoms with Gasteiger partial charge in [-0.1, -0.05) is 28.1 Å². The van der Waals surface area contributed by atoms with Crippen LogP contribution in [0.3, 0.4) is 0 Å². The maximum Gasteiger partial charge on any atom is 0.430 e. The van der Waals surface area contributed by atoms with Gasteiger partial charge in [-0.25, -0.2) is 8.78 Å². The number of halogens is 6. The summed E-state index contributed by atoms with van der Waals surface area (Å²) in [7, 11) is 0. The number of rotatable bonds is 3. The van der Waals surface area contributed by atoms with E-state index in [1.54, 1.807) is 12.1 Å². The van der Waals surface area contributed by atoms with Gasteiger partial charge in [0.15, 0.2) is 0 Å². The van der Waals surface area contributed by atoms with Crippen LogP contribution < -0.4 is 5.32 Å². The lowest BCUT2D eigenvalue weighted by atomic mass is 9.62. The van der Waals surface area contributed by atoms with Gasteiger partial charge in [0.05, 0.1) is 0 Å². The minimum absolute atomic E-state index is 0.0670. The summed E-state index contributed by atoms with van der Waals surface area (Å²) in [5.74, 6) is -3.91. The average Bonchev–Trinajstić information content (AvgIpc) is 2.80. The standard InChI is InChI=1S/C24H22BrF5N2O3/c25-15-3-6-19(27)17(11-15)23(35,24(28,29)30)21(34)32-9-7-22(8-10-32)12-20(33)31-13-18(22)14-1-4-16(26)5-2-14/h1-6,11,18,35H,7-10,12-13H2,(H,31,33)/t18-,23+/m0/s1. The van der Waals surface area contributed by atoms with Crippen molar-refractivity contribution in [2.75, 3.05) is 19.6 Å². The predicted molar refractivity (Wildman–Crippen MR) is 119 cm³/mol. The molecule has 0 bridgehead atoms. The third-order valence-corrected chi connectivity index (χ3v) is 7.61. The number of likely N-dealkylation sites (tertiary alicyclic amines) is 1. The summed E-state index contributed by atoms with van der Waals surface area (Å²) in [5.41, 5.74) is -5.15. The monoisotopic (exact) mass is 560 g/mol. The third kappa shape index (κ3) is 4.55. The van der Waals surface area contributed by atoms with E-state index < -0.39 is 40.3 Å². The number of benzene rings is 2. The second-order valence-corrected chi connectivity index (χ2v) is 9.99. The number of amides is 2. The van der Waals surface area contributed by atoms with Gasteiger partial charge in [-0.05, 0) is 54.2 Å². The van der Waals surface area contributed by atoms with E-state index in [4.69, 9.17) is 0 Å². The molecule has 2 heterocycles. The molecule has 2 N–H and O–H groups in total. The van der Waals surface area contributed by atoms with Crippen LogP contribution in [0.5, 0.6) is 0 Å². The molecule has 5 nitrogen and oxygen atoms in total. The Morgan fingerprint density at radius 3 is 2.31 bits per heavy atom. The van der Waals surface area contributed by atoms with Crippen molar-refractivity contribution in [3.8, 4) is 0 Å². The van der Waals surface area contributed by atoms with Crippen LogP contribution in [-0.2, 0) is 15.2 Å². The Hall–Kier alpha value is -2.53. The molecule has 2 fully saturated rings. The zero-order valence-corrected chi connectivity index (χ0v) is 19.9. The number of hydrogen-bond donors (Lipinski definition) is 2. The van der Waals surface area contributed by atoms with Crippen molar-refractivity contribution in [1.82, 2.24) is 10.2 Å². The molecule has 11 heteroatoms. The number of carbonyl (C=O) groups is 2. The summed E-state index contributed by atoms with van der Waals surface area (Å²) >= 11 is 2.96. The Labute approximate surface area is 206 Å². The summed E-state index contributed by atoms with van der Waals surface area (Å²) in [6, 6.07) is 8.45. The maximum atomic E-state index is 14.4. The van der Waals surface area contributed by atoms with Crippen LogP contribution in [-0.4, -0.2) is 47.6 Å². The van der Waals surface area contributed by atoms with E-state index >= 15 is 0 Å². The lowest BCUT2D eigenvalue weighted by Gasteiger charge is -2.50. The Morgan fingerprint density at radius 2 is 1.71 bits per heavy atom. The first-order valence-corrected chi connectivity index (χ1v) is 11.7. The number of nitrogens with one attached hydrogen (secondary N) is 1. The Kier molecular flexibility index (Phi) is 6.69. The molecular weight excluding hydrogens is 539 g/mol. The molecule has 0 saturated carbocycles. The van der Waals surface area contributed by atoms with E-state index in [0.717, 1.165) is 28.7 Å². The molecule has 1 spiro atoms. The Morgan fingerprint density at radius 1 is 1.09 bits per heavy atom. The zero-order chi connectivity index (χ0) is 25.6. The molecule has 4 rings (SSSR count). The molecule has 0 aromatic heterocycles. The molecule has 188 valence electrons. The van der Waals surface area contributed by atoms with E-state index in [-0.39, 0.29) is 55.2 Å². The number of carbonyl (C=O) groups excluding carboxylic acids is 2. The topological polar surface area (TPSA) is 69.6 Å². The summed E-state index contributed by atoms with van der Waals surface area (Å²) in [6.07, 6.45) is -5.02. The smallest absolute Gasteiger partial charge is 0.368 e. The zero-order valence-electron chi connectivity index (χ0n) is 18.3. The van der Waals surface area contributed by atoms with Crippen molar-refractivity contribution in [2.45, 2.75) is 37.0 Å². The van der Waals surface area contributed by atoms with Crippen molar-refractivity contribution in [2.24, 2.45) is 5.41 Å². The van der Waals surface area contributed by atoms with Gasteiger partial charge in [0, 0.05) is 42.0 Å². The van der Waals surface area contributed by atoms with Crippen LogP contribution in [0.4, 0.5) is 22.0 Å². The molecule has 0 aliphatic carbocycles. The van der Waals surface area contributed by atoms with Crippen molar-refractivity contribution >= 4 is 27.7 Å². The van der Waals surface area contributed by atoms with Crippen molar-refractivity contribution < 1.29 is 36.6 Å². The second-order valence-electron chi connectivity index (χ2n) is 9.07. The minimum Gasteiger partial charge on any atom is -0.368 e. The fourth-order valence-electron chi connectivity index (χ4n) is 5.18. The number of piperidine rings is 2. The molecular formula is C24H22BrF5N2O3.